The monoisotopic (exact) mass is 285 g/mol. The summed E-state index contributed by atoms with van der Waals surface area (Å²) in [6, 6.07) is 0. The van der Waals surface area contributed by atoms with E-state index in [9.17, 15) is 9.59 Å². The molecule has 1 rings (SSSR count). The number of nitrogens with zero attached hydrogens (tertiary/aromatic N) is 3. The van der Waals surface area contributed by atoms with E-state index in [1.54, 1.807) is 0 Å². The molecular formula is C12H19N3O5. The lowest BCUT2D eigenvalue weighted by Gasteiger charge is -2.42. The van der Waals surface area contributed by atoms with E-state index in [1.807, 2.05) is 13.8 Å². The fraction of sp³-hybridized carbons (Fsp3) is 0.833. The van der Waals surface area contributed by atoms with Crippen LogP contribution in [-0.4, -0.2) is 37.0 Å². The molecule has 0 bridgehead atoms. The van der Waals surface area contributed by atoms with Gasteiger partial charge in [-0.25, -0.2) is 0 Å². The molecule has 8 heteroatoms. The molecule has 1 heterocycles. The van der Waals surface area contributed by atoms with Crippen LogP contribution in [0, 0.1) is 11.8 Å². The number of carbonyl (C=O) groups is 2. The standard InChI is InChI=1S/C12H19N3O5/c1-6-7(2)12(14-15-13)20-10(5-18-8(3)16)11(6)19-9(4)17/h6-7,10-12H,5H2,1-4H3. The number of hydrogen-bond donors (Lipinski definition) is 0. The van der Waals surface area contributed by atoms with Gasteiger partial charge >= 0.3 is 11.9 Å². The smallest absolute Gasteiger partial charge is 0.303 e. The van der Waals surface area contributed by atoms with Gasteiger partial charge in [0.15, 0.2) is 0 Å². The van der Waals surface area contributed by atoms with Crippen molar-refractivity contribution in [2.75, 3.05) is 6.61 Å². The number of azide groups is 1. The average Bonchev–Trinajstić information content (AvgIpc) is 2.36. The lowest BCUT2D eigenvalue weighted by molar-refractivity contribution is -0.204. The Morgan fingerprint density at radius 3 is 2.40 bits per heavy atom. The first kappa shape index (κ1) is 16.3. The van der Waals surface area contributed by atoms with Crippen LogP contribution < -0.4 is 0 Å². The summed E-state index contributed by atoms with van der Waals surface area (Å²) >= 11 is 0. The molecule has 0 N–H and O–H groups in total. The zero-order chi connectivity index (χ0) is 15.3. The van der Waals surface area contributed by atoms with Crippen LogP contribution in [-0.2, 0) is 23.8 Å². The van der Waals surface area contributed by atoms with E-state index in [0.717, 1.165) is 0 Å². The minimum atomic E-state index is -0.678. The molecule has 20 heavy (non-hydrogen) atoms. The Bertz CT molecular complexity index is 421. The molecule has 0 saturated carbocycles. The molecular weight excluding hydrogens is 266 g/mol. The first-order chi connectivity index (χ1) is 9.36. The number of esters is 2. The molecule has 5 atom stereocenters. The Kier molecular flexibility index (Phi) is 5.79. The zero-order valence-electron chi connectivity index (χ0n) is 12.0. The molecule has 0 aromatic carbocycles. The fourth-order valence-electron chi connectivity index (χ4n) is 2.17. The summed E-state index contributed by atoms with van der Waals surface area (Å²) in [5.74, 6) is -1.11. The van der Waals surface area contributed by atoms with Crippen molar-refractivity contribution in [3.8, 4) is 0 Å². The van der Waals surface area contributed by atoms with E-state index in [2.05, 4.69) is 10.0 Å². The van der Waals surface area contributed by atoms with Crippen molar-refractivity contribution in [2.45, 2.75) is 46.1 Å². The minimum absolute atomic E-state index is 0.0538. The third kappa shape index (κ3) is 4.11. The van der Waals surface area contributed by atoms with E-state index in [4.69, 9.17) is 19.7 Å². The second-order valence-corrected chi connectivity index (χ2v) is 4.86. The maximum absolute atomic E-state index is 11.2. The summed E-state index contributed by atoms with van der Waals surface area (Å²) < 4.78 is 15.8. The molecule has 0 aliphatic carbocycles. The first-order valence-corrected chi connectivity index (χ1v) is 6.37. The van der Waals surface area contributed by atoms with Gasteiger partial charge in [-0.1, -0.05) is 19.0 Å². The van der Waals surface area contributed by atoms with Crippen LogP contribution in [0.15, 0.2) is 5.11 Å². The Hall–Kier alpha value is -1.79. The summed E-state index contributed by atoms with van der Waals surface area (Å²) in [4.78, 5) is 24.8. The molecule has 1 fully saturated rings. The molecule has 0 aromatic heterocycles. The number of carbonyl (C=O) groups excluding carboxylic acids is 2. The van der Waals surface area contributed by atoms with Crippen molar-refractivity contribution in [2.24, 2.45) is 17.0 Å². The zero-order valence-corrected chi connectivity index (χ0v) is 12.0. The summed E-state index contributed by atoms with van der Waals surface area (Å²) in [5.41, 5.74) is 8.55. The summed E-state index contributed by atoms with van der Waals surface area (Å²) in [5, 5.41) is 3.58. The maximum Gasteiger partial charge on any atom is 0.303 e. The summed E-state index contributed by atoms with van der Waals surface area (Å²) in [6.07, 6.45) is -1.88. The normalized spacial score (nSPS) is 32.9. The van der Waals surface area contributed by atoms with Crippen molar-refractivity contribution in [3.63, 3.8) is 0 Å². The van der Waals surface area contributed by atoms with Crippen LogP contribution in [0.4, 0.5) is 0 Å². The predicted octanol–water partition coefficient (Wildman–Crippen LogP) is 1.79. The van der Waals surface area contributed by atoms with E-state index in [1.165, 1.54) is 13.8 Å². The van der Waals surface area contributed by atoms with E-state index in [0.29, 0.717) is 0 Å². The topological polar surface area (TPSA) is 111 Å². The molecule has 5 unspecified atom stereocenters. The lowest BCUT2D eigenvalue weighted by Crippen LogP contribution is -2.52. The average molecular weight is 285 g/mol. The Morgan fingerprint density at radius 2 is 1.90 bits per heavy atom. The van der Waals surface area contributed by atoms with E-state index < -0.39 is 30.4 Å². The van der Waals surface area contributed by atoms with E-state index in [-0.39, 0.29) is 18.4 Å². The van der Waals surface area contributed by atoms with Crippen LogP contribution in [0.3, 0.4) is 0 Å². The third-order valence-electron chi connectivity index (χ3n) is 3.40. The van der Waals surface area contributed by atoms with Gasteiger partial charge in [0.25, 0.3) is 0 Å². The van der Waals surface area contributed by atoms with Crippen molar-refractivity contribution < 1.29 is 23.8 Å². The van der Waals surface area contributed by atoms with Crippen molar-refractivity contribution in [1.82, 2.24) is 0 Å². The largest absolute Gasteiger partial charge is 0.463 e. The maximum atomic E-state index is 11.2. The highest BCUT2D eigenvalue weighted by Gasteiger charge is 2.43. The number of rotatable bonds is 4. The van der Waals surface area contributed by atoms with Gasteiger partial charge < -0.3 is 14.2 Å². The van der Waals surface area contributed by atoms with Gasteiger partial charge in [0.05, 0.1) is 0 Å². The van der Waals surface area contributed by atoms with Crippen molar-refractivity contribution >= 4 is 11.9 Å². The van der Waals surface area contributed by atoms with Crippen LogP contribution in [0.25, 0.3) is 10.4 Å². The van der Waals surface area contributed by atoms with Crippen LogP contribution >= 0.6 is 0 Å². The van der Waals surface area contributed by atoms with Gasteiger partial charge in [-0.15, -0.1) is 0 Å². The number of hydrogen-bond acceptors (Lipinski definition) is 6. The predicted molar refractivity (Wildman–Crippen MR) is 68.3 cm³/mol. The van der Waals surface area contributed by atoms with Gasteiger partial charge in [-0.05, 0) is 11.4 Å². The quantitative estimate of drug-likeness (QED) is 0.338. The highest BCUT2D eigenvalue weighted by molar-refractivity contribution is 5.66. The van der Waals surface area contributed by atoms with Crippen LogP contribution in [0.2, 0.25) is 0 Å². The molecule has 0 radical (unpaired) electrons. The summed E-state index contributed by atoms with van der Waals surface area (Å²) in [6.45, 7) is 6.26. The van der Waals surface area contributed by atoms with Crippen molar-refractivity contribution in [3.05, 3.63) is 10.4 Å². The Morgan fingerprint density at radius 1 is 1.25 bits per heavy atom. The molecule has 1 aliphatic heterocycles. The molecule has 1 saturated heterocycles. The van der Waals surface area contributed by atoms with Gasteiger partial charge in [-0.3, -0.25) is 9.59 Å². The fourth-order valence-corrected chi connectivity index (χ4v) is 2.17. The first-order valence-electron chi connectivity index (χ1n) is 6.37. The molecule has 0 aromatic rings. The number of ether oxygens (including phenoxy) is 3. The molecule has 8 nitrogen and oxygen atoms in total. The van der Waals surface area contributed by atoms with Gasteiger partial charge in [-0.2, -0.15) is 0 Å². The highest BCUT2D eigenvalue weighted by atomic mass is 16.6. The molecule has 1 aliphatic rings. The van der Waals surface area contributed by atoms with Gasteiger partial charge in [0.2, 0.25) is 0 Å². The van der Waals surface area contributed by atoms with Gasteiger partial charge in [0, 0.05) is 24.7 Å². The van der Waals surface area contributed by atoms with E-state index >= 15 is 0 Å². The molecule has 112 valence electrons. The molecule has 0 amide bonds. The second-order valence-electron chi connectivity index (χ2n) is 4.86. The Balaban J connectivity index is 2.89. The van der Waals surface area contributed by atoms with Crippen LogP contribution in [0.1, 0.15) is 27.7 Å². The molecule has 0 spiro atoms. The second kappa shape index (κ2) is 7.12. The van der Waals surface area contributed by atoms with Crippen LogP contribution in [0.5, 0.6) is 0 Å². The summed E-state index contributed by atoms with van der Waals surface area (Å²) in [7, 11) is 0. The highest BCUT2D eigenvalue weighted by Crippen LogP contribution is 2.33. The third-order valence-corrected chi connectivity index (χ3v) is 3.40. The minimum Gasteiger partial charge on any atom is -0.463 e. The lowest BCUT2D eigenvalue weighted by atomic mass is 9.84. The van der Waals surface area contributed by atoms with Gasteiger partial charge in [0.1, 0.15) is 25.0 Å². The SMILES string of the molecule is CC(=O)OCC1OC(N=[N+]=[N-])C(C)C(C)C1OC(C)=O. The van der Waals surface area contributed by atoms with Crippen molar-refractivity contribution in [1.29, 1.82) is 0 Å². The Labute approximate surface area is 117 Å².